The zero-order valence-electron chi connectivity index (χ0n) is 19.3. The number of fused-ring (bicyclic) bond motifs is 1. The van der Waals surface area contributed by atoms with E-state index < -0.39 is 6.36 Å². The van der Waals surface area contributed by atoms with Gasteiger partial charge in [-0.1, -0.05) is 63.3 Å². The Hall–Kier alpha value is -2.04. The fourth-order valence-electron chi connectivity index (χ4n) is 6.09. The third-order valence-corrected chi connectivity index (χ3v) is 7.80. The molecular weight excluding hydrogens is 428 g/mol. The van der Waals surface area contributed by atoms with Gasteiger partial charge in [0.1, 0.15) is 11.6 Å². The van der Waals surface area contributed by atoms with Crippen molar-refractivity contribution in [1.29, 1.82) is 0 Å². The quantitative estimate of drug-likeness (QED) is 0.294. The van der Waals surface area contributed by atoms with Crippen molar-refractivity contribution < 1.29 is 22.3 Å². The molecule has 0 aliphatic heterocycles. The van der Waals surface area contributed by atoms with Gasteiger partial charge in [-0.3, -0.25) is 0 Å². The Balaban J connectivity index is 1.37. The molecular formula is C28H34F4O. The lowest BCUT2D eigenvalue weighted by Crippen LogP contribution is -2.30. The highest BCUT2D eigenvalue weighted by Crippen LogP contribution is 2.48. The van der Waals surface area contributed by atoms with E-state index in [0.29, 0.717) is 17.0 Å². The van der Waals surface area contributed by atoms with Gasteiger partial charge in [0, 0.05) is 5.56 Å². The van der Waals surface area contributed by atoms with Crippen molar-refractivity contribution in [2.24, 2.45) is 17.8 Å². The van der Waals surface area contributed by atoms with Crippen molar-refractivity contribution in [2.75, 3.05) is 0 Å². The molecule has 0 bridgehead atoms. The van der Waals surface area contributed by atoms with E-state index in [9.17, 15) is 17.6 Å². The molecule has 2 aromatic carbocycles. The van der Waals surface area contributed by atoms with Crippen molar-refractivity contribution in [3.05, 3.63) is 53.8 Å². The first kappa shape index (κ1) is 24.1. The Morgan fingerprint density at radius 1 is 0.879 bits per heavy atom. The summed E-state index contributed by atoms with van der Waals surface area (Å²) in [4.78, 5) is 0. The summed E-state index contributed by atoms with van der Waals surface area (Å²) in [7, 11) is 0. The van der Waals surface area contributed by atoms with E-state index in [-0.39, 0.29) is 11.6 Å². The van der Waals surface area contributed by atoms with Crippen LogP contribution < -0.4 is 4.74 Å². The third kappa shape index (κ3) is 6.30. The largest absolute Gasteiger partial charge is 0.573 e. The molecule has 2 saturated carbocycles. The van der Waals surface area contributed by atoms with E-state index in [0.717, 1.165) is 36.2 Å². The van der Waals surface area contributed by atoms with E-state index in [2.05, 4.69) is 11.7 Å². The fraction of sp³-hybridized carbons (Fsp3) is 0.571. The first-order valence-corrected chi connectivity index (χ1v) is 12.5. The van der Waals surface area contributed by atoms with Gasteiger partial charge in [-0.05, 0) is 85.1 Å². The molecule has 0 N–H and O–H groups in total. The fourth-order valence-corrected chi connectivity index (χ4v) is 6.09. The van der Waals surface area contributed by atoms with Crippen LogP contribution >= 0.6 is 0 Å². The molecule has 180 valence electrons. The van der Waals surface area contributed by atoms with Gasteiger partial charge in [0.25, 0.3) is 0 Å². The Morgan fingerprint density at radius 3 is 2.30 bits per heavy atom. The van der Waals surface area contributed by atoms with Gasteiger partial charge in [0.05, 0.1) is 0 Å². The number of hydrogen-bond acceptors (Lipinski definition) is 1. The maximum atomic E-state index is 15.0. The van der Waals surface area contributed by atoms with E-state index in [4.69, 9.17) is 0 Å². The standard InChI is InChI=1S/C28H34F4O/c1-2-3-4-5-19-6-7-22-17-23(9-8-21(22)16-19)24-12-15-26(27(29)18-24)20-10-13-25(14-11-20)33-28(30,31)32/h10-15,18-19,21-23H,2-9,16-17H2,1H3/t19?,21-,22-,23-/m1/s1. The van der Waals surface area contributed by atoms with Crippen LogP contribution in [0.2, 0.25) is 0 Å². The zero-order chi connectivity index (χ0) is 23.4. The van der Waals surface area contributed by atoms with Gasteiger partial charge >= 0.3 is 6.36 Å². The minimum Gasteiger partial charge on any atom is -0.406 e. The van der Waals surface area contributed by atoms with Crippen LogP contribution in [0.5, 0.6) is 5.75 Å². The third-order valence-electron chi connectivity index (χ3n) is 7.80. The van der Waals surface area contributed by atoms with Crippen LogP contribution in [0.4, 0.5) is 17.6 Å². The van der Waals surface area contributed by atoms with Crippen LogP contribution in [-0.4, -0.2) is 6.36 Å². The van der Waals surface area contributed by atoms with Crippen LogP contribution in [0, 0.1) is 23.6 Å². The van der Waals surface area contributed by atoms with Gasteiger partial charge in [0.2, 0.25) is 0 Å². The highest BCUT2D eigenvalue weighted by molar-refractivity contribution is 5.65. The second kappa shape index (κ2) is 10.5. The molecule has 0 aromatic heterocycles. The van der Waals surface area contributed by atoms with Gasteiger partial charge in [0.15, 0.2) is 0 Å². The van der Waals surface area contributed by atoms with E-state index in [1.165, 1.54) is 75.6 Å². The van der Waals surface area contributed by atoms with Crippen LogP contribution in [0.3, 0.4) is 0 Å². The number of ether oxygens (including phenoxy) is 1. The Labute approximate surface area is 194 Å². The van der Waals surface area contributed by atoms with Crippen molar-refractivity contribution in [3.8, 4) is 16.9 Å². The average Bonchev–Trinajstić information content (AvgIpc) is 2.78. The van der Waals surface area contributed by atoms with Crippen molar-refractivity contribution in [1.82, 2.24) is 0 Å². The minimum absolute atomic E-state index is 0.305. The highest BCUT2D eigenvalue weighted by Gasteiger charge is 2.36. The normalized spacial score (nSPS) is 25.5. The molecule has 33 heavy (non-hydrogen) atoms. The van der Waals surface area contributed by atoms with Crippen LogP contribution in [-0.2, 0) is 0 Å². The molecule has 2 aliphatic carbocycles. The topological polar surface area (TPSA) is 9.23 Å². The van der Waals surface area contributed by atoms with E-state index in [1.807, 2.05) is 6.07 Å². The van der Waals surface area contributed by atoms with Crippen LogP contribution in [0.15, 0.2) is 42.5 Å². The summed E-state index contributed by atoms with van der Waals surface area (Å²) in [6, 6.07) is 10.8. The SMILES string of the molecule is CCCCCC1CC[C@@H]2C[C@H](c3ccc(-c4ccc(OC(F)(F)F)cc4)c(F)c3)CC[C@@H]2C1. The number of halogens is 4. The lowest BCUT2D eigenvalue weighted by Gasteiger charge is -2.42. The molecule has 1 nitrogen and oxygen atoms in total. The summed E-state index contributed by atoms with van der Waals surface area (Å²) < 4.78 is 55.9. The maximum absolute atomic E-state index is 15.0. The molecule has 0 radical (unpaired) electrons. The van der Waals surface area contributed by atoms with E-state index in [1.54, 1.807) is 12.1 Å². The van der Waals surface area contributed by atoms with Gasteiger partial charge in [-0.15, -0.1) is 13.2 Å². The molecule has 2 fully saturated rings. The Bertz CT molecular complexity index is 905. The maximum Gasteiger partial charge on any atom is 0.573 e. The smallest absolute Gasteiger partial charge is 0.406 e. The van der Waals surface area contributed by atoms with Gasteiger partial charge in [-0.25, -0.2) is 4.39 Å². The van der Waals surface area contributed by atoms with Crippen molar-refractivity contribution in [2.45, 2.75) is 83.4 Å². The Morgan fingerprint density at radius 2 is 1.61 bits per heavy atom. The van der Waals surface area contributed by atoms with E-state index >= 15 is 0 Å². The van der Waals surface area contributed by atoms with Crippen LogP contribution in [0.25, 0.3) is 11.1 Å². The van der Waals surface area contributed by atoms with Crippen molar-refractivity contribution >= 4 is 0 Å². The molecule has 0 saturated heterocycles. The summed E-state index contributed by atoms with van der Waals surface area (Å²) in [6.07, 6.45) is 8.19. The lowest BCUT2D eigenvalue weighted by molar-refractivity contribution is -0.274. The summed E-state index contributed by atoms with van der Waals surface area (Å²) in [5, 5.41) is 0. The molecule has 2 aliphatic rings. The predicted molar refractivity (Wildman–Crippen MR) is 124 cm³/mol. The molecule has 4 atom stereocenters. The molecule has 0 heterocycles. The number of rotatable bonds is 7. The number of benzene rings is 2. The first-order valence-electron chi connectivity index (χ1n) is 12.5. The minimum atomic E-state index is -4.73. The zero-order valence-corrected chi connectivity index (χ0v) is 19.3. The molecule has 1 unspecified atom stereocenters. The lowest BCUT2D eigenvalue weighted by atomic mass is 9.63. The highest BCUT2D eigenvalue weighted by atomic mass is 19.4. The summed E-state index contributed by atoms with van der Waals surface area (Å²) in [5.41, 5.74) is 1.99. The number of alkyl halides is 3. The summed E-state index contributed by atoms with van der Waals surface area (Å²) in [6.45, 7) is 2.26. The van der Waals surface area contributed by atoms with Crippen molar-refractivity contribution in [3.63, 3.8) is 0 Å². The van der Waals surface area contributed by atoms with Gasteiger partial charge in [-0.2, -0.15) is 0 Å². The predicted octanol–water partition coefficient (Wildman–Crippen LogP) is 9.27. The van der Waals surface area contributed by atoms with Gasteiger partial charge < -0.3 is 4.74 Å². The molecule has 4 rings (SSSR count). The second-order valence-electron chi connectivity index (χ2n) is 10.0. The molecule has 0 spiro atoms. The number of hydrogen-bond donors (Lipinski definition) is 0. The van der Waals surface area contributed by atoms with Crippen LogP contribution in [0.1, 0.15) is 82.6 Å². The summed E-state index contributed by atoms with van der Waals surface area (Å²) in [5.74, 6) is 2.27. The molecule has 0 amide bonds. The first-order chi connectivity index (χ1) is 15.8. The average molecular weight is 463 g/mol. The molecule has 5 heteroatoms. The monoisotopic (exact) mass is 462 g/mol. The Kier molecular flexibility index (Phi) is 7.65. The summed E-state index contributed by atoms with van der Waals surface area (Å²) >= 11 is 0. The number of unbranched alkanes of at least 4 members (excludes halogenated alkanes) is 2. The molecule has 2 aromatic rings. The second-order valence-corrected chi connectivity index (χ2v) is 10.0.